The van der Waals surface area contributed by atoms with Crippen LogP contribution in [-0.2, 0) is 17.9 Å². The van der Waals surface area contributed by atoms with E-state index in [4.69, 9.17) is 5.26 Å². The van der Waals surface area contributed by atoms with Crippen molar-refractivity contribution in [2.75, 3.05) is 11.9 Å². The standard InChI is InChI=1S/C10H10F2N2O.C8H6FN3O/c1-2-14-5-6-8(13-10(14)15)4-3-7(11)9(6)12;9-8-4-12-7(3-11-5-13)1-6(8)2-10/h3-4H,2,5H2,1H3,(H,13,15);1,4-5H,3H2,(H,11,13). The number of nitriles is 1. The lowest BCUT2D eigenvalue weighted by molar-refractivity contribution is -0.109. The molecule has 0 unspecified atom stereocenters. The summed E-state index contributed by atoms with van der Waals surface area (Å²) in [6, 6.07) is 5.08. The van der Waals surface area contributed by atoms with Gasteiger partial charge >= 0.3 is 6.03 Å². The van der Waals surface area contributed by atoms with Gasteiger partial charge in [-0.3, -0.25) is 9.78 Å². The summed E-state index contributed by atoms with van der Waals surface area (Å²) in [5.74, 6) is -2.43. The number of anilines is 1. The number of urea groups is 1. The molecule has 2 aromatic rings. The number of nitrogens with one attached hydrogen (secondary N) is 2. The lowest BCUT2D eigenvalue weighted by Gasteiger charge is -2.28. The Balaban J connectivity index is 0.000000203. The number of rotatable bonds is 4. The Morgan fingerprint density at radius 1 is 1.36 bits per heavy atom. The average molecular weight is 391 g/mol. The molecule has 1 aliphatic heterocycles. The fraction of sp³-hybridized carbons (Fsp3) is 0.222. The lowest BCUT2D eigenvalue weighted by atomic mass is 10.1. The number of carbonyl (C=O) groups is 2. The van der Waals surface area contributed by atoms with E-state index < -0.39 is 17.5 Å². The Hall–Kier alpha value is -3.61. The fourth-order valence-electron chi connectivity index (χ4n) is 2.39. The van der Waals surface area contributed by atoms with Crippen LogP contribution < -0.4 is 10.6 Å². The van der Waals surface area contributed by atoms with Gasteiger partial charge in [-0.1, -0.05) is 0 Å². The Bertz CT molecular complexity index is 930. The predicted octanol–water partition coefficient (Wildman–Crippen LogP) is 2.67. The van der Waals surface area contributed by atoms with Crippen LogP contribution in [0.2, 0.25) is 0 Å². The van der Waals surface area contributed by atoms with Gasteiger partial charge in [-0.05, 0) is 25.1 Å². The molecule has 0 saturated heterocycles. The van der Waals surface area contributed by atoms with Gasteiger partial charge in [0.25, 0.3) is 0 Å². The molecule has 0 bridgehead atoms. The van der Waals surface area contributed by atoms with Crippen LogP contribution in [0.1, 0.15) is 23.7 Å². The summed E-state index contributed by atoms with van der Waals surface area (Å²) in [5.41, 5.74) is 0.933. The van der Waals surface area contributed by atoms with Crippen molar-refractivity contribution in [3.63, 3.8) is 0 Å². The lowest BCUT2D eigenvalue weighted by Crippen LogP contribution is -2.38. The molecule has 3 amide bonds. The summed E-state index contributed by atoms with van der Waals surface area (Å²) in [6.07, 6.45) is 1.47. The van der Waals surface area contributed by atoms with E-state index in [-0.39, 0.29) is 30.2 Å². The molecule has 0 atom stereocenters. The van der Waals surface area contributed by atoms with Crippen LogP contribution in [0.25, 0.3) is 0 Å². The Labute approximate surface area is 158 Å². The molecule has 146 valence electrons. The SMILES string of the molecule is CCN1Cc2c(ccc(F)c2F)NC1=O.N#Cc1cc(CNC=O)ncc1F. The maximum Gasteiger partial charge on any atom is 0.322 e. The van der Waals surface area contributed by atoms with Gasteiger partial charge in [-0.15, -0.1) is 0 Å². The minimum absolute atomic E-state index is 0.0716. The molecule has 2 heterocycles. The van der Waals surface area contributed by atoms with Gasteiger partial charge in [0.1, 0.15) is 6.07 Å². The van der Waals surface area contributed by atoms with Gasteiger partial charge < -0.3 is 15.5 Å². The molecule has 3 rings (SSSR count). The average Bonchev–Trinajstić information content (AvgIpc) is 2.70. The second kappa shape index (κ2) is 9.36. The van der Waals surface area contributed by atoms with E-state index in [9.17, 15) is 22.8 Å². The smallest absolute Gasteiger partial charge is 0.322 e. The van der Waals surface area contributed by atoms with Crippen LogP contribution >= 0.6 is 0 Å². The normalized spacial score (nSPS) is 12.1. The predicted molar refractivity (Wildman–Crippen MR) is 93.3 cm³/mol. The number of carbonyl (C=O) groups excluding carboxylic acids is 2. The van der Waals surface area contributed by atoms with Crippen LogP contribution in [0.3, 0.4) is 0 Å². The summed E-state index contributed by atoms with van der Waals surface area (Å²) in [6.45, 7) is 2.54. The maximum atomic E-state index is 13.4. The third-order valence-corrected chi connectivity index (χ3v) is 3.85. The second-order valence-corrected chi connectivity index (χ2v) is 5.60. The number of amides is 3. The number of fused-ring (bicyclic) bond motifs is 1. The van der Waals surface area contributed by atoms with Crippen molar-refractivity contribution in [3.8, 4) is 6.07 Å². The van der Waals surface area contributed by atoms with Gasteiger partial charge in [-0.25, -0.2) is 18.0 Å². The minimum atomic E-state index is -0.888. The van der Waals surface area contributed by atoms with Crippen molar-refractivity contribution in [1.29, 1.82) is 5.26 Å². The summed E-state index contributed by atoms with van der Waals surface area (Å²) in [5, 5.41) is 13.3. The Morgan fingerprint density at radius 2 is 2.11 bits per heavy atom. The van der Waals surface area contributed by atoms with E-state index in [1.54, 1.807) is 13.0 Å². The number of halogens is 3. The van der Waals surface area contributed by atoms with E-state index in [1.807, 2.05) is 0 Å². The second-order valence-electron chi connectivity index (χ2n) is 5.60. The summed E-state index contributed by atoms with van der Waals surface area (Å²) in [7, 11) is 0. The van der Waals surface area contributed by atoms with Crippen LogP contribution in [0.5, 0.6) is 0 Å². The molecule has 7 nitrogen and oxygen atoms in total. The first kappa shape index (κ1) is 20.7. The van der Waals surface area contributed by atoms with Crippen molar-refractivity contribution in [2.24, 2.45) is 0 Å². The van der Waals surface area contributed by atoms with Crippen molar-refractivity contribution in [3.05, 3.63) is 58.7 Å². The zero-order chi connectivity index (χ0) is 20.7. The third kappa shape index (κ3) is 4.76. The molecule has 1 aliphatic rings. The molecule has 0 saturated carbocycles. The third-order valence-electron chi connectivity index (χ3n) is 3.85. The zero-order valence-electron chi connectivity index (χ0n) is 14.8. The van der Waals surface area contributed by atoms with Crippen LogP contribution in [0.15, 0.2) is 24.4 Å². The number of pyridine rings is 1. The van der Waals surface area contributed by atoms with Crippen LogP contribution in [-0.4, -0.2) is 28.9 Å². The monoisotopic (exact) mass is 391 g/mol. The van der Waals surface area contributed by atoms with E-state index in [0.29, 0.717) is 24.3 Å². The molecule has 28 heavy (non-hydrogen) atoms. The number of aromatic nitrogens is 1. The molecule has 1 aromatic carbocycles. The molecular formula is C18H16F3N5O2. The van der Waals surface area contributed by atoms with Gasteiger partial charge in [0, 0.05) is 12.1 Å². The molecule has 2 N–H and O–H groups in total. The van der Waals surface area contributed by atoms with Crippen molar-refractivity contribution in [2.45, 2.75) is 20.0 Å². The van der Waals surface area contributed by atoms with E-state index in [0.717, 1.165) is 12.3 Å². The first-order chi connectivity index (χ1) is 13.4. The highest BCUT2D eigenvalue weighted by Crippen LogP contribution is 2.27. The number of benzene rings is 1. The van der Waals surface area contributed by atoms with E-state index >= 15 is 0 Å². The van der Waals surface area contributed by atoms with Gasteiger partial charge in [0.2, 0.25) is 6.41 Å². The van der Waals surface area contributed by atoms with E-state index in [1.165, 1.54) is 17.0 Å². The summed E-state index contributed by atoms with van der Waals surface area (Å²) in [4.78, 5) is 26.4. The Kier molecular flexibility index (Phi) is 6.92. The van der Waals surface area contributed by atoms with Crippen molar-refractivity contribution >= 4 is 18.1 Å². The fourth-order valence-corrected chi connectivity index (χ4v) is 2.39. The Morgan fingerprint density at radius 3 is 2.75 bits per heavy atom. The van der Waals surface area contributed by atoms with Gasteiger partial charge in [0.05, 0.1) is 36.2 Å². The number of hydrogen-bond acceptors (Lipinski definition) is 4. The van der Waals surface area contributed by atoms with Gasteiger partial charge in [0.15, 0.2) is 17.5 Å². The highest BCUT2D eigenvalue weighted by molar-refractivity contribution is 5.92. The van der Waals surface area contributed by atoms with Crippen LogP contribution in [0, 0.1) is 28.8 Å². The topological polar surface area (TPSA) is 98.1 Å². The number of hydrogen-bond donors (Lipinski definition) is 2. The zero-order valence-corrected chi connectivity index (χ0v) is 14.8. The summed E-state index contributed by atoms with van der Waals surface area (Å²) < 4.78 is 39.0. The molecule has 10 heteroatoms. The van der Waals surface area contributed by atoms with Crippen molar-refractivity contribution in [1.82, 2.24) is 15.2 Å². The highest BCUT2D eigenvalue weighted by atomic mass is 19.2. The van der Waals surface area contributed by atoms with Crippen molar-refractivity contribution < 1.29 is 22.8 Å². The molecule has 1 aromatic heterocycles. The number of nitrogens with zero attached hydrogens (tertiary/aromatic N) is 3. The summed E-state index contributed by atoms with van der Waals surface area (Å²) >= 11 is 0. The highest BCUT2D eigenvalue weighted by Gasteiger charge is 2.25. The molecule has 0 spiro atoms. The quantitative estimate of drug-likeness (QED) is 0.783. The van der Waals surface area contributed by atoms with E-state index in [2.05, 4.69) is 15.6 Å². The van der Waals surface area contributed by atoms with Crippen LogP contribution in [0.4, 0.5) is 23.7 Å². The largest absolute Gasteiger partial charge is 0.353 e. The molecule has 0 radical (unpaired) electrons. The first-order valence-corrected chi connectivity index (χ1v) is 8.15. The molecular weight excluding hydrogens is 375 g/mol. The first-order valence-electron chi connectivity index (χ1n) is 8.15. The molecule has 0 aliphatic carbocycles. The molecule has 0 fully saturated rings. The maximum absolute atomic E-state index is 13.4. The van der Waals surface area contributed by atoms with Gasteiger partial charge in [-0.2, -0.15) is 5.26 Å². The minimum Gasteiger partial charge on any atom is -0.353 e.